The molecule has 3 unspecified atom stereocenters. The molecule has 0 amide bonds. The van der Waals surface area contributed by atoms with Gasteiger partial charge in [0.1, 0.15) is 36.6 Å². The lowest BCUT2D eigenvalue weighted by atomic mass is 10.1. The van der Waals surface area contributed by atoms with E-state index in [1.807, 2.05) is 27.7 Å². The van der Waals surface area contributed by atoms with Gasteiger partial charge in [0.15, 0.2) is 0 Å². The third-order valence-corrected chi connectivity index (χ3v) is 8.37. The van der Waals surface area contributed by atoms with E-state index in [0.29, 0.717) is 0 Å². The van der Waals surface area contributed by atoms with E-state index >= 15 is 0 Å². The number of ether oxygens (including phenoxy) is 4. The van der Waals surface area contributed by atoms with Crippen LogP contribution in [0.4, 0.5) is 0 Å². The first-order valence-corrected chi connectivity index (χ1v) is 13.8. The molecule has 2 heterocycles. The highest BCUT2D eigenvalue weighted by molar-refractivity contribution is 8.54. The summed E-state index contributed by atoms with van der Waals surface area (Å²) in [5, 5.41) is 20.8. The molecule has 0 bridgehead atoms. The lowest BCUT2D eigenvalue weighted by Gasteiger charge is -2.27. The van der Waals surface area contributed by atoms with Gasteiger partial charge in [0.2, 0.25) is 0 Å². The Morgan fingerprint density at radius 2 is 1.47 bits per heavy atom. The summed E-state index contributed by atoms with van der Waals surface area (Å²) in [7, 11) is 0. The number of aliphatic hydroxyl groups is 2. The van der Waals surface area contributed by atoms with Gasteiger partial charge in [-0.3, -0.25) is 9.05 Å². The minimum Gasteiger partial charge on any atom is -0.388 e. The van der Waals surface area contributed by atoms with E-state index in [1.165, 1.54) is 0 Å². The molecule has 30 heavy (non-hydrogen) atoms. The maximum Gasteiger partial charge on any atom is 0.389 e. The summed E-state index contributed by atoms with van der Waals surface area (Å²) < 4.78 is 47.6. The fourth-order valence-corrected chi connectivity index (χ4v) is 5.65. The summed E-state index contributed by atoms with van der Waals surface area (Å²) in [6, 6.07) is 0. The number of hydrogen-bond donors (Lipinski definition) is 2. The third-order valence-electron chi connectivity index (χ3n) is 5.04. The Morgan fingerprint density at radius 1 is 0.933 bits per heavy atom. The van der Waals surface area contributed by atoms with Crippen molar-refractivity contribution < 1.29 is 42.8 Å². The van der Waals surface area contributed by atoms with Crippen molar-refractivity contribution in [2.45, 2.75) is 103 Å². The summed E-state index contributed by atoms with van der Waals surface area (Å²) in [5.41, 5.74) is 0. The van der Waals surface area contributed by atoms with E-state index < -0.39 is 55.6 Å². The van der Waals surface area contributed by atoms with Crippen molar-refractivity contribution in [2.24, 2.45) is 0 Å². The molecule has 178 valence electrons. The zero-order chi connectivity index (χ0) is 22.6. The number of rotatable bonds is 11. The molecule has 11 heteroatoms. The van der Waals surface area contributed by atoms with Crippen LogP contribution in [0.3, 0.4) is 0 Å². The quantitative estimate of drug-likeness (QED) is 0.435. The highest BCUT2D eigenvalue weighted by Crippen LogP contribution is 2.61. The second kappa shape index (κ2) is 11.4. The van der Waals surface area contributed by atoms with Crippen LogP contribution in [0.15, 0.2) is 0 Å². The van der Waals surface area contributed by atoms with Gasteiger partial charge in [-0.25, -0.2) is 4.57 Å². The van der Waals surface area contributed by atoms with E-state index in [9.17, 15) is 14.8 Å². The van der Waals surface area contributed by atoms with Crippen molar-refractivity contribution >= 4 is 18.2 Å². The second-order valence-corrected chi connectivity index (χ2v) is 12.4. The maximum absolute atomic E-state index is 13.3. The zero-order valence-electron chi connectivity index (χ0n) is 18.8. The predicted molar refractivity (Wildman–Crippen MR) is 114 cm³/mol. The maximum atomic E-state index is 13.3. The average molecular weight is 473 g/mol. The van der Waals surface area contributed by atoms with Crippen molar-refractivity contribution in [1.82, 2.24) is 0 Å². The highest BCUT2D eigenvalue weighted by atomic mass is 32.7. The van der Waals surface area contributed by atoms with E-state index in [1.54, 1.807) is 20.1 Å². The molecule has 2 saturated heterocycles. The largest absolute Gasteiger partial charge is 0.389 e. The fourth-order valence-electron chi connectivity index (χ4n) is 3.45. The van der Waals surface area contributed by atoms with Crippen LogP contribution >= 0.6 is 18.2 Å². The molecular weight excluding hydrogens is 435 g/mol. The Bertz CT molecular complexity index is 578. The molecule has 0 aromatic carbocycles. The summed E-state index contributed by atoms with van der Waals surface area (Å²) in [5.74, 6) is 0. The van der Waals surface area contributed by atoms with Crippen LogP contribution < -0.4 is 0 Å². The summed E-state index contributed by atoms with van der Waals surface area (Å²) >= 11 is 0.934. The molecule has 0 aromatic rings. The predicted octanol–water partition coefficient (Wildman–Crippen LogP) is 2.37. The zero-order valence-corrected chi connectivity index (χ0v) is 20.5. The Morgan fingerprint density at radius 3 is 1.97 bits per heavy atom. The number of aliphatic hydroxyl groups excluding tert-OH is 2. The highest BCUT2D eigenvalue weighted by Gasteiger charge is 2.48. The topological polar surface area (TPSA) is 113 Å². The Kier molecular flexibility index (Phi) is 10.1. The van der Waals surface area contributed by atoms with Crippen LogP contribution in [0.1, 0.15) is 41.5 Å². The van der Waals surface area contributed by atoms with Gasteiger partial charge in [0, 0.05) is 0 Å². The van der Waals surface area contributed by atoms with Crippen LogP contribution in [-0.2, 0) is 32.6 Å². The third kappa shape index (κ3) is 6.88. The Labute approximate surface area is 183 Å². The van der Waals surface area contributed by atoms with Crippen molar-refractivity contribution in [2.75, 3.05) is 19.5 Å². The van der Waals surface area contributed by atoms with Crippen molar-refractivity contribution in [3.05, 3.63) is 0 Å². The Balaban J connectivity index is 2.03. The van der Waals surface area contributed by atoms with Crippen LogP contribution in [0.25, 0.3) is 0 Å². The standard InChI is InChI=1S/C19H37O9PS/c1-10(2)23-8-14-19(17(21)13(6)26-14)28-29(22,30-7)24-9-15-18(25-11(3)4)16(20)12(5)27-15/h10-21H,8-9H2,1-7H3/t12-,13-,14+,15+,16?,17?,18-,19-,29?/m0/s1. The normalized spacial score (nSPS) is 39.2. The van der Waals surface area contributed by atoms with E-state index in [4.69, 9.17) is 28.0 Å². The lowest BCUT2D eigenvalue weighted by molar-refractivity contribution is -0.0775. The molecular formula is C19H37O9PS. The first-order valence-electron chi connectivity index (χ1n) is 10.4. The van der Waals surface area contributed by atoms with E-state index in [-0.39, 0.29) is 25.4 Å². The van der Waals surface area contributed by atoms with Gasteiger partial charge < -0.3 is 29.2 Å². The first-order chi connectivity index (χ1) is 14.0. The minimum absolute atomic E-state index is 0.0169. The number of hydrogen-bond acceptors (Lipinski definition) is 10. The van der Waals surface area contributed by atoms with Crippen molar-refractivity contribution in [1.29, 1.82) is 0 Å². The van der Waals surface area contributed by atoms with Gasteiger partial charge in [0.05, 0.1) is 37.6 Å². The SMILES string of the molecule is CSP(=O)(OC[C@H]1O[C@@H](C)C(O)[C@H]1OC(C)C)O[C@@H]1C(O)[C@H](C)O[C@@H]1COC(C)C. The van der Waals surface area contributed by atoms with Crippen LogP contribution in [-0.4, -0.2) is 90.7 Å². The molecule has 2 N–H and O–H groups in total. The van der Waals surface area contributed by atoms with Crippen molar-refractivity contribution in [3.63, 3.8) is 0 Å². The van der Waals surface area contributed by atoms with Gasteiger partial charge in [0.25, 0.3) is 0 Å². The van der Waals surface area contributed by atoms with E-state index in [0.717, 1.165) is 11.4 Å². The molecule has 0 saturated carbocycles. The first kappa shape index (κ1) is 26.5. The van der Waals surface area contributed by atoms with Gasteiger partial charge in [-0.15, -0.1) is 0 Å². The molecule has 2 aliphatic heterocycles. The van der Waals surface area contributed by atoms with Gasteiger partial charge in [-0.2, -0.15) is 0 Å². The Hall–Kier alpha value is 0.260. The summed E-state index contributed by atoms with van der Waals surface area (Å²) in [6.07, 6.45) is -3.80. The molecule has 0 aliphatic carbocycles. The van der Waals surface area contributed by atoms with Crippen LogP contribution in [0.5, 0.6) is 0 Å². The van der Waals surface area contributed by atoms with Gasteiger partial charge >= 0.3 is 6.80 Å². The monoisotopic (exact) mass is 472 g/mol. The molecule has 0 radical (unpaired) electrons. The summed E-state index contributed by atoms with van der Waals surface area (Å²) in [4.78, 5) is 0. The van der Waals surface area contributed by atoms with Crippen LogP contribution in [0.2, 0.25) is 0 Å². The smallest absolute Gasteiger partial charge is 0.388 e. The van der Waals surface area contributed by atoms with E-state index in [2.05, 4.69) is 0 Å². The minimum atomic E-state index is -3.65. The molecule has 2 fully saturated rings. The summed E-state index contributed by atoms with van der Waals surface area (Å²) in [6.45, 7) is 7.48. The molecule has 2 aliphatic rings. The fraction of sp³-hybridized carbons (Fsp3) is 1.00. The lowest BCUT2D eigenvalue weighted by Crippen LogP contribution is -2.39. The van der Waals surface area contributed by atoms with Gasteiger partial charge in [-0.1, -0.05) is 0 Å². The van der Waals surface area contributed by atoms with Gasteiger partial charge in [-0.05, 0) is 59.2 Å². The average Bonchev–Trinajstić information content (AvgIpc) is 3.09. The molecule has 0 aromatic heterocycles. The second-order valence-electron chi connectivity index (χ2n) is 8.27. The van der Waals surface area contributed by atoms with Crippen molar-refractivity contribution in [3.8, 4) is 0 Å². The molecule has 2 rings (SSSR count). The van der Waals surface area contributed by atoms with Crippen LogP contribution in [0, 0.1) is 0 Å². The molecule has 0 spiro atoms. The molecule has 9 atom stereocenters. The molecule has 9 nitrogen and oxygen atoms in total.